The summed E-state index contributed by atoms with van der Waals surface area (Å²) in [4.78, 5) is 50.4. The van der Waals surface area contributed by atoms with Crippen molar-refractivity contribution in [2.24, 2.45) is 0 Å². The maximum absolute atomic E-state index is 10.1. The number of rotatable bonds is 35. The van der Waals surface area contributed by atoms with E-state index in [9.17, 15) is 24.0 Å². The summed E-state index contributed by atoms with van der Waals surface area (Å²) >= 11 is 0. The van der Waals surface area contributed by atoms with Crippen LogP contribution in [0.2, 0.25) is 0 Å². The van der Waals surface area contributed by atoms with E-state index in [4.69, 9.17) is 25.5 Å². The second-order valence-electron chi connectivity index (χ2n) is 14.6. The molecule has 0 saturated heterocycles. The van der Waals surface area contributed by atoms with E-state index in [0.29, 0.717) is 32.1 Å². The fourth-order valence-electron chi connectivity index (χ4n) is 5.28. The van der Waals surface area contributed by atoms with Crippen molar-refractivity contribution in [1.82, 2.24) is 0 Å². The molecule has 335 valence electrons. The Balaban J connectivity index is -0.000000139. The molecule has 56 heavy (non-hydrogen) atoms. The molecule has 0 aromatic heterocycles. The monoisotopic (exact) mass is 884 g/mol. The van der Waals surface area contributed by atoms with E-state index >= 15 is 0 Å². The largest absolute Gasteiger partial charge is 0.481 e. The van der Waals surface area contributed by atoms with Gasteiger partial charge in [-0.25, -0.2) is 0 Å². The maximum Gasteiger partial charge on any atom is 0.303 e. The van der Waals surface area contributed by atoms with Gasteiger partial charge in [0.15, 0.2) is 0 Å². The zero-order valence-corrected chi connectivity index (χ0v) is 39.2. The molecule has 0 aliphatic heterocycles. The fourth-order valence-corrected chi connectivity index (χ4v) is 5.28. The molecule has 0 amide bonds. The molecule has 5 N–H and O–H groups in total. The molecule has 1 radical (unpaired) electrons. The van der Waals surface area contributed by atoms with Crippen molar-refractivity contribution in [3.63, 3.8) is 0 Å². The predicted molar refractivity (Wildman–Crippen MR) is 228 cm³/mol. The minimum Gasteiger partial charge on any atom is -0.481 e. The summed E-state index contributed by atoms with van der Waals surface area (Å²) in [5.74, 6) is -3.33. The molecule has 0 aliphatic carbocycles. The van der Waals surface area contributed by atoms with Crippen LogP contribution in [-0.2, 0) is 46.4 Å². The number of carbonyl (C=O) groups is 5. The molecule has 0 fully saturated rings. The molecule has 0 aromatic carbocycles. The van der Waals surface area contributed by atoms with Crippen LogP contribution in [0.25, 0.3) is 0 Å². The zero-order valence-electron chi connectivity index (χ0n) is 37.0. The summed E-state index contributed by atoms with van der Waals surface area (Å²) in [7, 11) is 0. The van der Waals surface area contributed by atoms with E-state index in [1.54, 1.807) is 0 Å². The molecule has 0 aliphatic rings. The first-order valence-corrected chi connectivity index (χ1v) is 22.4. The second-order valence-corrected chi connectivity index (χ2v) is 14.6. The Bertz CT molecular complexity index is 657. The third-order valence-corrected chi connectivity index (χ3v) is 8.72. The first-order valence-electron chi connectivity index (χ1n) is 22.4. The van der Waals surface area contributed by atoms with Gasteiger partial charge in [-0.2, -0.15) is 0 Å². The van der Waals surface area contributed by atoms with Gasteiger partial charge in [0.1, 0.15) is 0 Å². The predicted octanol–water partition coefficient (Wildman–Crippen LogP) is 14.1. The van der Waals surface area contributed by atoms with E-state index in [-0.39, 0.29) is 22.4 Å². The minimum absolute atomic E-state index is 0. The molecule has 0 saturated carbocycles. The van der Waals surface area contributed by atoms with Crippen LogP contribution in [0.3, 0.4) is 0 Å². The first-order chi connectivity index (χ1) is 26.4. The molecule has 0 unspecified atom stereocenters. The van der Waals surface area contributed by atoms with Crippen molar-refractivity contribution in [3.05, 3.63) is 0 Å². The van der Waals surface area contributed by atoms with Gasteiger partial charge in [-0.05, 0) is 32.1 Å². The van der Waals surface area contributed by atoms with Crippen molar-refractivity contribution in [2.45, 2.75) is 259 Å². The van der Waals surface area contributed by atoms with E-state index in [0.717, 1.165) is 64.2 Å². The van der Waals surface area contributed by atoms with Gasteiger partial charge in [0, 0.05) is 54.5 Å². The standard InChI is InChI=1S/5C9H18O2.Nb/c5*1-2-3-4-5-6-7-8-9(10)11;/h5*2-8H2,1H3,(H,10,11);. The van der Waals surface area contributed by atoms with Crippen molar-refractivity contribution >= 4 is 29.8 Å². The minimum atomic E-state index is -0.666. The third kappa shape index (κ3) is 93.7. The summed E-state index contributed by atoms with van der Waals surface area (Å²) in [6.45, 7) is 10.9. The quantitative estimate of drug-likeness (QED) is 0.0303. The van der Waals surface area contributed by atoms with E-state index in [1.807, 2.05) is 0 Å². The summed E-state index contributed by atoms with van der Waals surface area (Å²) in [6, 6.07) is 0. The van der Waals surface area contributed by atoms with Crippen LogP contribution in [0.1, 0.15) is 259 Å². The maximum atomic E-state index is 10.1. The number of hydrogen-bond acceptors (Lipinski definition) is 5. The summed E-state index contributed by atoms with van der Waals surface area (Å²) in [6.07, 6.45) is 36.3. The van der Waals surface area contributed by atoms with Crippen LogP contribution in [0.4, 0.5) is 0 Å². The van der Waals surface area contributed by atoms with Gasteiger partial charge in [0.05, 0.1) is 0 Å². The van der Waals surface area contributed by atoms with Gasteiger partial charge in [-0.3, -0.25) is 24.0 Å². The molecular formula is C45H90NbO10. The summed E-state index contributed by atoms with van der Waals surface area (Å²) < 4.78 is 0. The number of unbranched alkanes of at least 4 members (excludes halogenated alkanes) is 25. The van der Waals surface area contributed by atoms with Gasteiger partial charge in [-0.15, -0.1) is 0 Å². The van der Waals surface area contributed by atoms with Crippen LogP contribution in [0.15, 0.2) is 0 Å². The number of aliphatic carboxylic acids is 5. The van der Waals surface area contributed by atoms with E-state index < -0.39 is 29.8 Å². The molecule has 11 heteroatoms. The molecule has 0 heterocycles. The van der Waals surface area contributed by atoms with Crippen LogP contribution < -0.4 is 0 Å². The topological polar surface area (TPSA) is 186 Å². The average Bonchev–Trinajstić information content (AvgIpc) is 3.13. The van der Waals surface area contributed by atoms with Gasteiger partial charge in [0.2, 0.25) is 0 Å². The Labute approximate surface area is 359 Å². The molecule has 10 nitrogen and oxygen atoms in total. The molecule has 0 spiro atoms. The smallest absolute Gasteiger partial charge is 0.303 e. The Morgan fingerprint density at radius 3 is 0.446 bits per heavy atom. The summed E-state index contributed by atoms with van der Waals surface area (Å²) in [5.41, 5.74) is 0. The van der Waals surface area contributed by atoms with Crippen LogP contribution in [0, 0.1) is 0 Å². The van der Waals surface area contributed by atoms with Gasteiger partial charge >= 0.3 is 29.8 Å². The molecular weight excluding hydrogens is 793 g/mol. The van der Waals surface area contributed by atoms with Crippen LogP contribution >= 0.6 is 0 Å². The zero-order chi connectivity index (χ0) is 42.6. The van der Waals surface area contributed by atoms with Crippen molar-refractivity contribution < 1.29 is 71.9 Å². The van der Waals surface area contributed by atoms with E-state index in [1.165, 1.54) is 128 Å². The molecule has 0 atom stereocenters. The average molecular weight is 884 g/mol. The van der Waals surface area contributed by atoms with E-state index in [2.05, 4.69) is 34.6 Å². The third-order valence-electron chi connectivity index (χ3n) is 8.72. The Morgan fingerprint density at radius 2 is 0.339 bits per heavy atom. The van der Waals surface area contributed by atoms with Crippen molar-refractivity contribution in [1.29, 1.82) is 0 Å². The molecule has 0 aromatic rings. The first kappa shape index (κ1) is 65.9. The molecule has 0 bridgehead atoms. The van der Waals surface area contributed by atoms with Crippen LogP contribution in [0.5, 0.6) is 0 Å². The number of carboxylic acid groups (broad SMARTS) is 5. The second kappa shape index (κ2) is 62.3. The van der Waals surface area contributed by atoms with Crippen molar-refractivity contribution in [2.75, 3.05) is 0 Å². The normalized spacial score (nSPS) is 9.73. The Morgan fingerprint density at radius 1 is 0.232 bits per heavy atom. The SMILES string of the molecule is CCCCCCCCC(=O)O.CCCCCCCCC(=O)O.CCCCCCCCC(=O)O.CCCCCCCCC(=O)O.CCCCCCCCC(=O)O.[Nb]. The fraction of sp³-hybridized carbons (Fsp3) is 0.889. The van der Waals surface area contributed by atoms with Gasteiger partial charge < -0.3 is 25.5 Å². The Hall–Kier alpha value is -1.91. The van der Waals surface area contributed by atoms with Gasteiger partial charge in [-0.1, -0.05) is 195 Å². The van der Waals surface area contributed by atoms with Crippen LogP contribution in [-0.4, -0.2) is 55.4 Å². The Kier molecular flexibility index (Phi) is 73.3. The number of carboxylic acids is 5. The van der Waals surface area contributed by atoms with Gasteiger partial charge in [0.25, 0.3) is 0 Å². The molecule has 0 rings (SSSR count). The van der Waals surface area contributed by atoms with Crippen molar-refractivity contribution in [3.8, 4) is 0 Å². The number of hydrogen-bond donors (Lipinski definition) is 5. The summed E-state index contributed by atoms with van der Waals surface area (Å²) in [5, 5.41) is 41.6.